The van der Waals surface area contributed by atoms with Crippen LogP contribution in [-0.4, -0.2) is 26.1 Å². The highest BCUT2D eigenvalue weighted by atomic mass is 35.5. The molecule has 29 heavy (non-hydrogen) atoms. The van der Waals surface area contributed by atoms with Crippen molar-refractivity contribution < 1.29 is 9.53 Å². The van der Waals surface area contributed by atoms with Crippen molar-refractivity contribution in [3.05, 3.63) is 51.4 Å². The molecule has 0 atom stereocenters. The lowest BCUT2D eigenvalue weighted by molar-refractivity contribution is 0.0523. The maximum Gasteiger partial charge on any atom is 0.407 e. The van der Waals surface area contributed by atoms with Gasteiger partial charge >= 0.3 is 6.09 Å². The molecule has 9 heteroatoms. The maximum atomic E-state index is 12.2. The first-order valence-corrected chi connectivity index (χ1v) is 9.55. The number of aryl methyl sites for hydroxylation is 1. The van der Waals surface area contributed by atoms with Crippen molar-refractivity contribution in [3.63, 3.8) is 0 Å². The first-order valence-electron chi connectivity index (χ1n) is 8.80. The van der Waals surface area contributed by atoms with Crippen LogP contribution < -0.4 is 5.32 Å². The van der Waals surface area contributed by atoms with Crippen LogP contribution in [0.15, 0.2) is 24.4 Å². The molecule has 3 aromatic rings. The average molecular weight is 432 g/mol. The van der Waals surface area contributed by atoms with Crippen LogP contribution in [0.5, 0.6) is 0 Å². The van der Waals surface area contributed by atoms with Gasteiger partial charge in [-0.25, -0.2) is 9.78 Å². The van der Waals surface area contributed by atoms with Crippen molar-refractivity contribution in [2.24, 2.45) is 0 Å². The minimum atomic E-state index is -0.615. The lowest BCUT2D eigenvalue weighted by atomic mass is 10.0. The first-order chi connectivity index (χ1) is 13.6. The largest absolute Gasteiger partial charge is 0.444 e. The fourth-order valence-electron chi connectivity index (χ4n) is 2.86. The summed E-state index contributed by atoms with van der Waals surface area (Å²) in [5.41, 5.74) is 2.31. The molecule has 0 radical (unpaired) electrons. The molecule has 1 N–H and O–H groups in total. The molecular formula is C20H19Cl2N5O2. The highest BCUT2D eigenvalue weighted by molar-refractivity contribution is 6.36. The molecule has 0 unspecified atom stereocenters. The van der Waals surface area contributed by atoms with Crippen molar-refractivity contribution in [1.82, 2.24) is 19.7 Å². The van der Waals surface area contributed by atoms with Crippen molar-refractivity contribution in [2.75, 3.05) is 0 Å². The number of hydrogen-bond donors (Lipinski definition) is 1. The Morgan fingerprint density at radius 3 is 2.66 bits per heavy atom. The van der Waals surface area contributed by atoms with Crippen LogP contribution in [0.1, 0.15) is 37.7 Å². The van der Waals surface area contributed by atoms with E-state index in [1.54, 1.807) is 56.5 Å². The molecule has 1 aromatic carbocycles. The molecule has 2 aromatic heterocycles. The Balaban J connectivity index is 2.14. The van der Waals surface area contributed by atoms with Crippen LogP contribution in [0.4, 0.5) is 4.79 Å². The number of halogens is 2. The number of alkyl carbamates (subject to hydrolysis) is 1. The number of nitriles is 1. The minimum Gasteiger partial charge on any atom is -0.444 e. The third-order valence-electron chi connectivity index (χ3n) is 4.03. The van der Waals surface area contributed by atoms with E-state index in [4.69, 9.17) is 27.9 Å². The number of amides is 1. The SMILES string of the molecule is Cc1nc2nc(C#N)cn2c(-c2ccc(Cl)cc2Cl)c1CNC(=O)OC(C)(C)C. The lowest BCUT2D eigenvalue weighted by Crippen LogP contribution is -2.32. The van der Waals surface area contributed by atoms with Gasteiger partial charge < -0.3 is 10.1 Å². The van der Waals surface area contributed by atoms with Crippen LogP contribution in [-0.2, 0) is 11.3 Å². The highest BCUT2D eigenvalue weighted by Crippen LogP contribution is 2.34. The molecule has 0 saturated heterocycles. The molecule has 7 nitrogen and oxygen atoms in total. The Bertz CT molecular complexity index is 1140. The van der Waals surface area contributed by atoms with Crippen LogP contribution in [0, 0.1) is 18.3 Å². The zero-order chi connectivity index (χ0) is 21.3. The molecular weight excluding hydrogens is 413 g/mol. The molecule has 1 amide bonds. The van der Waals surface area contributed by atoms with Gasteiger partial charge in [-0.1, -0.05) is 23.2 Å². The molecule has 0 aliphatic heterocycles. The van der Waals surface area contributed by atoms with Crippen molar-refractivity contribution in [2.45, 2.75) is 39.8 Å². The second-order valence-electron chi connectivity index (χ2n) is 7.41. The van der Waals surface area contributed by atoms with Gasteiger partial charge in [0.1, 0.15) is 11.7 Å². The average Bonchev–Trinajstić information content (AvgIpc) is 3.01. The van der Waals surface area contributed by atoms with Gasteiger partial charge in [0.05, 0.1) is 17.3 Å². The van der Waals surface area contributed by atoms with E-state index in [0.717, 1.165) is 5.56 Å². The van der Waals surface area contributed by atoms with Gasteiger partial charge in [0.25, 0.3) is 0 Å². The smallest absolute Gasteiger partial charge is 0.407 e. The van der Waals surface area contributed by atoms with E-state index < -0.39 is 11.7 Å². The van der Waals surface area contributed by atoms with Gasteiger partial charge in [0.2, 0.25) is 5.78 Å². The zero-order valence-electron chi connectivity index (χ0n) is 16.4. The number of nitrogens with one attached hydrogen (secondary N) is 1. The summed E-state index contributed by atoms with van der Waals surface area (Å²) in [4.78, 5) is 20.8. The molecule has 0 spiro atoms. The second-order valence-corrected chi connectivity index (χ2v) is 8.26. The number of nitrogens with zero attached hydrogens (tertiary/aromatic N) is 4. The van der Waals surface area contributed by atoms with Gasteiger partial charge in [-0.2, -0.15) is 10.2 Å². The topological polar surface area (TPSA) is 92.3 Å². The van der Waals surface area contributed by atoms with E-state index >= 15 is 0 Å². The Morgan fingerprint density at radius 2 is 2.03 bits per heavy atom. The third kappa shape index (κ3) is 4.61. The van der Waals surface area contributed by atoms with Gasteiger partial charge in [0.15, 0.2) is 5.69 Å². The number of aromatic nitrogens is 3. The number of fused-ring (bicyclic) bond motifs is 1. The summed E-state index contributed by atoms with van der Waals surface area (Å²) >= 11 is 12.5. The van der Waals surface area contributed by atoms with Gasteiger partial charge in [-0.05, 0) is 45.9 Å². The fourth-order valence-corrected chi connectivity index (χ4v) is 3.36. The summed E-state index contributed by atoms with van der Waals surface area (Å²) in [6, 6.07) is 7.15. The van der Waals surface area contributed by atoms with Gasteiger partial charge in [-0.15, -0.1) is 0 Å². The number of hydrogen-bond acceptors (Lipinski definition) is 5. The molecule has 0 fully saturated rings. The van der Waals surface area contributed by atoms with Crippen LogP contribution >= 0.6 is 23.2 Å². The normalized spacial score (nSPS) is 11.3. The van der Waals surface area contributed by atoms with E-state index in [9.17, 15) is 10.1 Å². The summed E-state index contributed by atoms with van der Waals surface area (Å²) in [5, 5.41) is 12.9. The number of imidazole rings is 1. The second kappa shape index (κ2) is 7.90. The zero-order valence-corrected chi connectivity index (χ0v) is 17.9. The number of benzene rings is 1. The summed E-state index contributed by atoms with van der Waals surface area (Å²) in [6.45, 7) is 7.33. The third-order valence-corrected chi connectivity index (χ3v) is 4.58. The van der Waals surface area contributed by atoms with E-state index in [1.807, 2.05) is 6.07 Å². The Labute approximate surface area is 178 Å². The van der Waals surface area contributed by atoms with Crippen LogP contribution in [0.25, 0.3) is 17.0 Å². The predicted octanol–water partition coefficient (Wildman–Crippen LogP) is 4.91. The maximum absolute atomic E-state index is 12.2. The van der Waals surface area contributed by atoms with Gasteiger partial charge in [0, 0.05) is 28.0 Å². The molecule has 3 rings (SSSR count). The van der Waals surface area contributed by atoms with Crippen molar-refractivity contribution >= 4 is 35.1 Å². The standard InChI is InChI=1S/C20H19Cl2N5O2/c1-11-15(9-24-19(28)29-20(2,3)4)17(14-6-5-12(21)7-16(14)22)27-10-13(8-23)26-18(27)25-11/h5-7,10H,9H2,1-4H3,(H,24,28). The number of ether oxygens (including phenoxy) is 1. The summed E-state index contributed by atoms with van der Waals surface area (Å²) < 4.78 is 7.00. The number of rotatable bonds is 3. The van der Waals surface area contributed by atoms with E-state index in [2.05, 4.69) is 15.3 Å². The minimum absolute atomic E-state index is 0.151. The first kappa shape index (κ1) is 20.9. The summed E-state index contributed by atoms with van der Waals surface area (Å²) in [6.07, 6.45) is 1.03. The molecule has 0 aliphatic carbocycles. The Kier molecular flexibility index (Phi) is 5.69. The predicted molar refractivity (Wildman–Crippen MR) is 111 cm³/mol. The van der Waals surface area contributed by atoms with Crippen molar-refractivity contribution in [3.8, 4) is 17.3 Å². The summed E-state index contributed by atoms with van der Waals surface area (Å²) in [5.74, 6) is 0.362. The molecule has 2 heterocycles. The van der Waals surface area contributed by atoms with Gasteiger partial charge in [-0.3, -0.25) is 4.40 Å². The van der Waals surface area contributed by atoms with E-state index in [1.165, 1.54) is 0 Å². The summed E-state index contributed by atoms with van der Waals surface area (Å²) in [7, 11) is 0. The number of carbonyl (C=O) groups excluding carboxylic acids is 1. The van der Waals surface area contributed by atoms with E-state index in [0.29, 0.717) is 32.8 Å². The number of carbonyl (C=O) groups is 1. The molecule has 150 valence electrons. The Hall–Kier alpha value is -2.82. The van der Waals surface area contributed by atoms with Crippen molar-refractivity contribution in [1.29, 1.82) is 5.26 Å². The highest BCUT2D eigenvalue weighted by Gasteiger charge is 2.21. The molecule has 0 bridgehead atoms. The molecule has 0 aliphatic rings. The Morgan fingerprint density at radius 1 is 1.31 bits per heavy atom. The van der Waals surface area contributed by atoms with E-state index in [-0.39, 0.29) is 12.2 Å². The van der Waals surface area contributed by atoms with Crippen LogP contribution in [0.2, 0.25) is 10.0 Å². The quantitative estimate of drug-likeness (QED) is 0.635. The fraction of sp³-hybridized carbons (Fsp3) is 0.300. The monoisotopic (exact) mass is 431 g/mol. The lowest BCUT2D eigenvalue weighted by Gasteiger charge is -2.21. The van der Waals surface area contributed by atoms with Crippen LogP contribution in [0.3, 0.4) is 0 Å². The molecule has 0 saturated carbocycles.